The highest BCUT2D eigenvalue weighted by Crippen LogP contribution is 2.32. The summed E-state index contributed by atoms with van der Waals surface area (Å²) in [5.41, 5.74) is 0. The second kappa shape index (κ2) is 5.23. The lowest BCUT2D eigenvalue weighted by Gasteiger charge is -2.14. The fourth-order valence-electron chi connectivity index (χ4n) is 1.53. The average molecular weight is 289 g/mol. The molecule has 0 radical (unpaired) electrons. The van der Waals surface area contributed by atoms with Crippen LogP contribution in [0.2, 0.25) is 0 Å². The van der Waals surface area contributed by atoms with Gasteiger partial charge in [-0.2, -0.15) is 0 Å². The van der Waals surface area contributed by atoms with Crippen molar-refractivity contribution in [3.63, 3.8) is 0 Å². The number of rotatable bonds is 3. The Kier molecular flexibility index (Phi) is 3.94. The van der Waals surface area contributed by atoms with Crippen molar-refractivity contribution in [2.24, 2.45) is 0 Å². The van der Waals surface area contributed by atoms with Crippen LogP contribution in [0.15, 0.2) is 27.6 Å². The van der Waals surface area contributed by atoms with E-state index in [9.17, 15) is 0 Å². The Bertz CT molecular complexity index is 337. The van der Waals surface area contributed by atoms with Crippen molar-refractivity contribution >= 4 is 27.7 Å². The lowest BCUT2D eigenvalue weighted by molar-refractivity contribution is 0.139. The minimum absolute atomic E-state index is 0.213. The quantitative estimate of drug-likeness (QED) is 0.795. The molecule has 2 nitrogen and oxygen atoms in total. The summed E-state index contributed by atoms with van der Waals surface area (Å²) in [4.78, 5) is 1.17. The Hall–Kier alpha value is -0.190. The summed E-state index contributed by atoms with van der Waals surface area (Å²) >= 11 is 5.16. The van der Waals surface area contributed by atoms with Crippen molar-refractivity contribution in [2.45, 2.75) is 17.4 Å². The summed E-state index contributed by atoms with van der Waals surface area (Å²) in [6, 6.07) is 6.12. The van der Waals surface area contributed by atoms with Gasteiger partial charge >= 0.3 is 0 Å². The second-order valence-electron chi connectivity index (χ2n) is 3.40. The second-order valence-corrected chi connectivity index (χ2v) is 5.16. The standard InChI is InChI=1S/C11H13BrO2S/c1-15-11-3-2-8(12)6-10(11)14-9-4-5-13-7-9/h2-3,6,9H,4-5,7H2,1H3. The predicted octanol–water partition coefficient (Wildman–Crippen LogP) is 3.34. The Morgan fingerprint density at radius 1 is 1.53 bits per heavy atom. The van der Waals surface area contributed by atoms with Crippen LogP contribution >= 0.6 is 27.7 Å². The predicted molar refractivity (Wildman–Crippen MR) is 65.8 cm³/mol. The Labute approximate surface area is 102 Å². The summed E-state index contributed by atoms with van der Waals surface area (Å²) < 4.78 is 12.2. The molecule has 0 spiro atoms. The molecule has 1 aliphatic heterocycles. The third-order valence-corrected chi connectivity index (χ3v) is 3.58. The van der Waals surface area contributed by atoms with E-state index >= 15 is 0 Å². The molecular weight excluding hydrogens is 276 g/mol. The van der Waals surface area contributed by atoms with Gasteiger partial charge in [-0.3, -0.25) is 0 Å². The fraction of sp³-hybridized carbons (Fsp3) is 0.455. The number of hydrogen-bond donors (Lipinski definition) is 0. The first kappa shape index (κ1) is 11.3. The molecule has 82 valence electrons. The van der Waals surface area contributed by atoms with Crippen LogP contribution in [0.1, 0.15) is 6.42 Å². The number of ether oxygens (including phenoxy) is 2. The first-order valence-electron chi connectivity index (χ1n) is 4.87. The molecule has 0 aromatic heterocycles. The number of hydrogen-bond acceptors (Lipinski definition) is 3. The van der Waals surface area contributed by atoms with E-state index in [0.717, 1.165) is 23.2 Å². The van der Waals surface area contributed by atoms with Crippen LogP contribution in [-0.2, 0) is 4.74 Å². The molecule has 4 heteroatoms. The minimum atomic E-state index is 0.213. The number of benzene rings is 1. The van der Waals surface area contributed by atoms with E-state index in [1.54, 1.807) is 11.8 Å². The van der Waals surface area contributed by atoms with Gasteiger partial charge in [-0.1, -0.05) is 15.9 Å². The van der Waals surface area contributed by atoms with E-state index in [1.165, 1.54) is 4.90 Å². The highest BCUT2D eigenvalue weighted by atomic mass is 79.9. The smallest absolute Gasteiger partial charge is 0.134 e. The lowest BCUT2D eigenvalue weighted by atomic mass is 10.3. The van der Waals surface area contributed by atoms with Crippen molar-refractivity contribution in [3.05, 3.63) is 22.7 Å². The van der Waals surface area contributed by atoms with E-state index in [0.29, 0.717) is 6.61 Å². The van der Waals surface area contributed by atoms with Crippen LogP contribution in [0.4, 0.5) is 0 Å². The summed E-state index contributed by atoms with van der Waals surface area (Å²) in [6.07, 6.45) is 3.26. The van der Waals surface area contributed by atoms with Gasteiger partial charge in [0.1, 0.15) is 11.9 Å². The Morgan fingerprint density at radius 2 is 2.40 bits per heavy atom. The summed E-state index contributed by atoms with van der Waals surface area (Å²) in [5.74, 6) is 0.951. The summed E-state index contributed by atoms with van der Waals surface area (Å²) in [6.45, 7) is 1.52. The maximum atomic E-state index is 5.90. The maximum absolute atomic E-state index is 5.90. The highest BCUT2D eigenvalue weighted by Gasteiger charge is 2.18. The van der Waals surface area contributed by atoms with Gasteiger partial charge in [0.2, 0.25) is 0 Å². The van der Waals surface area contributed by atoms with Crippen molar-refractivity contribution in [3.8, 4) is 5.75 Å². The minimum Gasteiger partial charge on any atom is -0.487 e. The van der Waals surface area contributed by atoms with Gasteiger partial charge in [0, 0.05) is 15.8 Å². The van der Waals surface area contributed by atoms with Crippen LogP contribution in [0.25, 0.3) is 0 Å². The van der Waals surface area contributed by atoms with Gasteiger partial charge in [-0.05, 0) is 24.5 Å². The molecule has 0 aliphatic carbocycles. The third kappa shape index (κ3) is 2.89. The van der Waals surface area contributed by atoms with Crippen LogP contribution in [0.3, 0.4) is 0 Å². The van der Waals surface area contributed by atoms with Crippen LogP contribution in [0.5, 0.6) is 5.75 Å². The van der Waals surface area contributed by atoms with E-state index in [2.05, 4.69) is 28.3 Å². The first-order valence-corrected chi connectivity index (χ1v) is 6.89. The lowest BCUT2D eigenvalue weighted by Crippen LogP contribution is -2.16. The third-order valence-electron chi connectivity index (χ3n) is 2.31. The van der Waals surface area contributed by atoms with E-state index in [1.807, 2.05) is 12.1 Å². The average Bonchev–Trinajstić information content (AvgIpc) is 2.71. The normalized spacial score (nSPS) is 20.5. The molecule has 1 unspecified atom stereocenters. The molecule has 2 rings (SSSR count). The topological polar surface area (TPSA) is 18.5 Å². The molecule has 1 fully saturated rings. The van der Waals surface area contributed by atoms with Crippen LogP contribution in [0, 0.1) is 0 Å². The molecule has 1 aliphatic rings. The van der Waals surface area contributed by atoms with Gasteiger partial charge in [0.05, 0.1) is 13.2 Å². The zero-order chi connectivity index (χ0) is 10.7. The van der Waals surface area contributed by atoms with Crippen molar-refractivity contribution in [2.75, 3.05) is 19.5 Å². The molecule has 0 amide bonds. The van der Waals surface area contributed by atoms with Gasteiger partial charge in [-0.15, -0.1) is 11.8 Å². The maximum Gasteiger partial charge on any atom is 0.134 e. The van der Waals surface area contributed by atoms with Gasteiger partial charge in [-0.25, -0.2) is 0 Å². The van der Waals surface area contributed by atoms with Crippen molar-refractivity contribution in [1.82, 2.24) is 0 Å². The summed E-state index contributed by atoms with van der Waals surface area (Å²) in [5, 5.41) is 0. The van der Waals surface area contributed by atoms with Gasteiger partial charge < -0.3 is 9.47 Å². The molecule has 1 atom stereocenters. The van der Waals surface area contributed by atoms with Crippen LogP contribution in [-0.4, -0.2) is 25.6 Å². The molecular formula is C11H13BrO2S. The molecule has 1 aromatic carbocycles. The first-order chi connectivity index (χ1) is 7.29. The molecule has 0 bridgehead atoms. The molecule has 15 heavy (non-hydrogen) atoms. The van der Waals surface area contributed by atoms with Crippen molar-refractivity contribution in [1.29, 1.82) is 0 Å². The van der Waals surface area contributed by atoms with E-state index < -0.39 is 0 Å². The molecule has 1 aromatic rings. The highest BCUT2D eigenvalue weighted by molar-refractivity contribution is 9.10. The zero-order valence-corrected chi connectivity index (χ0v) is 10.9. The van der Waals surface area contributed by atoms with E-state index in [-0.39, 0.29) is 6.10 Å². The molecule has 0 saturated carbocycles. The fourth-order valence-corrected chi connectivity index (χ4v) is 2.38. The van der Waals surface area contributed by atoms with Crippen LogP contribution < -0.4 is 4.74 Å². The SMILES string of the molecule is CSc1ccc(Br)cc1OC1CCOC1. The Morgan fingerprint density at radius 3 is 3.07 bits per heavy atom. The monoisotopic (exact) mass is 288 g/mol. The van der Waals surface area contributed by atoms with E-state index in [4.69, 9.17) is 9.47 Å². The summed E-state index contributed by atoms with van der Waals surface area (Å²) in [7, 11) is 0. The molecule has 0 N–H and O–H groups in total. The number of thioether (sulfide) groups is 1. The zero-order valence-electron chi connectivity index (χ0n) is 8.53. The number of halogens is 1. The van der Waals surface area contributed by atoms with Gasteiger partial charge in [0.15, 0.2) is 0 Å². The largest absolute Gasteiger partial charge is 0.487 e. The van der Waals surface area contributed by atoms with Gasteiger partial charge in [0.25, 0.3) is 0 Å². The van der Waals surface area contributed by atoms with Crippen molar-refractivity contribution < 1.29 is 9.47 Å². The Balaban J connectivity index is 2.14. The molecule has 1 saturated heterocycles. The molecule has 1 heterocycles.